The van der Waals surface area contributed by atoms with Crippen LogP contribution in [0.25, 0.3) is 0 Å². The molecule has 1 amide bonds. The van der Waals surface area contributed by atoms with Crippen LogP contribution in [0.1, 0.15) is 49.9 Å². The molecule has 1 atom stereocenters. The van der Waals surface area contributed by atoms with Crippen molar-refractivity contribution < 1.29 is 17.7 Å². The minimum Gasteiger partial charge on any atom is -0.339 e. The van der Waals surface area contributed by atoms with Gasteiger partial charge in [-0.1, -0.05) is 49.3 Å². The fraction of sp³-hybridized carbons (Fsp3) is 0.375. The molecule has 0 saturated carbocycles. The predicted molar refractivity (Wildman–Crippen MR) is 124 cm³/mol. The van der Waals surface area contributed by atoms with E-state index >= 15 is 0 Å². The van der Waals surface area contributed by atoms with Gasteiger partial charge in [-0.15, -0.1) is 0 Å². The molecular formula is C24H28N4O4S. The third-order valence-corrected chi connectivity index (χ3v) is 7.58. The smallest absolute Gasteiger partial charge is 0.243 e. The molecule has 0 unspecified atom stereocenters. The normalized spacial score (nSPS) is 17.2. The number of hydrogen-bond donors (Lipinski definition) is 1. The predicted octanol–water partition coefficient (Wildman–Crippen LogP) is 3.82. The summed E-state index contributed by atoms with van der Waals surface area (Å²) in [4.78, 5) is 17.5. The highest BCUT2D eigenvalue weighted by Crippen LogP contribution is 2.25. The molecule has 8 nitrogen and oxygen atoms in total. The molecule has 0 aliphatic carbocycles. The van der Waals surface area contributed by atoms with Crippen molar-refractivity contribution in [3.05, 3.63) is 71.9 Å². The monoisotopic (exact) mass is 468 g/mol. The number of hydrogen-bond acceptors (Lipinski definition) is 6. The van der Waals surface area contributed by atoms with Crippen molar-refractivity contribution in [2.45, 2.75) is 43.9 Å². The number of carbonyl (C=O) groups excluding carboxylic acids is 1. The van der Waals surface area contributed by atoms with Crippen LogP contribution in [0.15, 0.2) is 64.0 Å². The Kier molecular flexibility index (Phi) is 6.90. The zero-order chi connectivity index (χ0) is 23.4. The van der Waals surface area contributed by atoms with Gasteiger partial charge in [0.15, 0.2) is 5.82 Å². The van der Waals surface area contributed by atoms with E-state index in [0.29, 0.717) is 43.2 Å². The molecule has 2 heterocycles. The number of nitrogens with one attached hydrogen (secondary N) is 1. The lowest BCUT2D eigenvalue weighted by atomic mass is 9.98. The van der Waals surface area contributed by atoms with Gasteiger partial charge in [-0.05, 0) is 42.7 Å². The van der Waals surface area contributed by atoms with E-state index in [2.05, 4.69) is 15.5 Å². The zero-order valence-electron chi connectivity index (χ0n) is 18.8. The average Bonchev–Trinajstić information content (AvgIpc) is 3.30. The Bertz CT molecular complexity index is 1190. The summed E-state index contributed by atoms with van der Waals surface area (Å²) in [7, 11) is -3.61. The lowest BCUT2D eigenvalue weighted by molar-refractivity contribution is -0.120. The quantitative estimate of drug-likeness (QED) is 0.565. The van der Waals surface area contributed by atoms with Crippen molar-refractivity contribution in [2.24, 2.45) is 5.92 Å². The molecule has 1 aliphatic rings. The van der Waals surface area contributed by atoms with Crippen molar-refractivity contribution in [1.82, 2.24) is 14.4 Å². The van der Waals surface area contributed by atoms with Gasteiger partial charge >= 0.3 is 0 Å². The van der Waals surface area contributed by atoms with Crippen LogP contribution in [0.2, 0.25) is 0 Å². The fourth-order valence-electron chi connectivity index (χ4n) is 3.82. The Morgan fingerprint density at radius 2 is 1.88 bits per heavy atom. The van der Waals surface area contributed by atoms with Crippen LogP contribution in [0, 0.1) is 5.92 Å². The number of piperidine rings is 1. The van der Waals surface area contributed by atoms with Crippen molar-refractivity contribution in [2.75, 3.05) is 18.4 Å². The van der Waals surface area contributed by atoms with Crippen LogP contribution in [0.5, 0.6) is 0 Å². The summed E-state index contributed by atoms with van der Waals surface area (Å²) >= 11 is 0. The Morgan fingerprint density at radius 3 is 2.55 bits per heavy atom. The Labute approximate surface area is 194 Å². The Morgan fingerprint density at radius 1 is 1.15 bits per heavy atom. The molecule has 1 aliphatic heterocycles. The van der Waals surface area contributed by atoms with Crippen molar-refractivity contribution in [3.8, 4) is 0 Å². The van der Waals surface area contributed by atoms with Crippen molar-refractivity contribution in [1.29, 1.82) is 0 Å². The SMILES string of the molecule is CC(C)c1nc(Cc2ccc(NC(=O)[C@H]3CCCN(S(=O)(=O)c4ccccc4)C3)cc2)no1. The highest BCUT2D eigenvalue weighted by Gasteiger charge is 2.33. The van der Waals surface area contributed by atoms with Gasteiger partial charge in [-0.2, -0.15) is 9.29 Å². The fourth-order valence-corrected chi connectivity index (χ4v) is 5.37. The lowest BCUT2D eigenvalue weighted by Crippen LogP contribution is -2.43. The van der Waals surface area contributed by atoms with Crippen LogP contribution in [0.4, 0.5) is 5.69 Å². The molecule has 9 heteroatoms. The first-order chi connectivity index (χ1) is 15.8. The maximum Gasteiger partial charge on any atom is 0.243 e. The van der Waals surface area contributed by atoms with E-state index < -0.39 is 15.9 Å². The summed E-state index contributed by atoms with van der Waals surface area (Å²) < 4.78 is 32.5. The van der Waals surface area contributed by atoms with E-state index in [4.69, 9.17) is 4.52 Å². The molecule has 1 aromatic heterocycles. The van der Waals surface area contributed by atoms with Gasteiger partial charge in [0, 0.05) is 31.1 Å². The van der Waals surface area contributed by atoms with E-state index in [-0.39, 0.29) is 23.3 Å². The molecule has 4 rings (SSSR count). The molecule has 0 bridgehead atoms. The minimum atomic E-state index is -3.61. The minimum absolute atomic E-state index is 0.171. The van der Waals surface area contributed by atoms with Gasteiger partial charge < -0.3 is 9.84 Å². The van der Waals surface area contributed by atoms with E-state index in [0.717, 1.165) is 5.56 Å². The molecule has 174 valence electrons. The third-order valence-electron chi connectivity index (χ3n) is 5.70. The average molecular weight is 469 g/mol. The first-order valence-electron chi connectivity index (χ1n) is 11.1. The molecule has 1 N–H and O–H groups in total. The number of aromatic nitrogens is 2. The maximum absolute atomic E-state index is 12.9. The number of sulfonamides is 1. The number of benzene rings is 2. The topological polar surface area (TPSA) is 105 Å². The van der Waals surface area contributed by atoms with Crippen LogP contribution in [-0.4, -0.2) is 41.9 Å². The number of anilines is 1. The summed E-state index contributed by atoms with van der Waals surface area (Å²) in [5, 5.41) is 6.93. The first kappa shape index (κ1) is 23.1. The maximum atomic E-state index is 12.9. The summed E-state index contributed by atoms with van der Waals surface area (Å²) in [5.41, 5.74) is 1.67. The molecule has 33 heavy (non-hydrogen) atoms. The molecular weight excluding hydrogens is 440 g/mol. The highest BCUT2D eigenvalue weighted by molar-refractivity contribution is 7.89. The van der Waals surface area contributed by atoms with E-state index in [9.17, 15) is 13.2 Å². The van der Waals surface area contributed by atoms with Crippen molar-refractivity contribution in [3.63, 3.8) is 0 Å². The van der Waals surface area contributed by atoms with Crippen LogP contribution < -0.4 is 5.32 Å². The number of amides is 1. The molecule has 0 spiro atoms. The van der Waals surface area contributed by atoms with Crippen LogP contribution in [0.3, 0.4) is 0 Å². The highest BCUT2D eigenvalue weighted by atomic mass is 32.2. The second-order valence-electron chi connectivity index (χ2n) is 8.58. The third kappa shape index (κ3) is 5.48. The van der Waals surface area contributed by atoms with Gasteiger partial charge in [-0.25, -0.2) is 8.42 Å². The Balaban J connectivity index is 1.36. The van der Waals surface area contributed by atoms with E-state index in [1.54, 1.807) is 30.3 Å². The van der Waals surface area contributed by atoms with Crippen LogP contribution in [-0.2, 0) is 21.2 Å². The number of rotatable bonds is 7. The number of nitrogens with zero attached hydrogens (tertiary/aromatic N) is 3. The summed E-state index contributed by atoms with van der Waals surface area (Å²) in [6, 6.07) is 15.8. The zero-order valence-corrected chi connectivity index (χ0v) is 19.6. The molecule has 1 saturated heterocycles. The molecule has 0 radical (unpaired) electrons. The van der Waals surface area contributed by atoms with Gasteiger partial charge in [0.25, 0.3) is 0 Å². The van der Waals surface area contributed by atoms with Gasteiger partial charge in [0.1, 0.15) is 0 Å². The van der Waals surface area contributed by atoms with Gasteiger partial charge in [-0.3, -0.25) is 4.79 Å². The lowest BCUT2D eigenvalue weighted by Gasteiger charge is -2.31. The summed E-state index contributed by atoms with van der Waals surface area (Å²) in [6.45, 7) is 4.59. The second-order valence-corrected chi connectivity index (χ2v) is 10.5. The first-order valence-corrected chi connectivity index (χ1v) is 12.5. The standard InChI is InChI=1S/C24H28N4O4S/c1-17(2)24-26-22(27-32-24)15-18-10-12-20(13-11-18)25-23(29)19-7-6-14-28(16-19)33(30,31)21-8-4-3-5-9-21/h3-5,8-13,17,19H,6-7,14-16H2,1-2H3,(H,25,29)/t19-/m0/s1. The molecule has 3 aromatic rings. The van der Waals surface area contributed by atoms with Gasteiger partial charge in [0.05, 0.1) is 10.8 Å². The largest absolute Gasteiger partial charge is 0.339 e. The van der Waals surface area contributed by atoms with E-state index in [1.165, 1.54) is 4.31 Å². The number of carbonyl (C=O) groups is 1. The molecule has 1 fully saturated rings. The van der Waals surface area contributed by atoms with Crippen molar-refractivity contribution >= 4 is 21.6 Å². The summed E-state index contributed by atoms with van der Waals surface area (Å²) in [5.74, 6) is 0.852. The summed E-state index contributed by atoms with van der Waals surface area (Å²) in [6.07, 6.45) is 1.84. The van der Waals surface area contributed by atoms with Gasteiger partial charge in [0.2, 0.25) is 21.8 Å². The van der Waals surface area contributed by atoms with E-state index in [1.807, 2.05) is 38.1 Å². The second kappa shape index (κ2) is 9.84. The Hall–Kier alpha value is -3.04. The molecule has 2 aromatic carbocycles. The van der Waals surface area contributed by atoms with Crippen LogP contribution >= 0.6 is 0 Å².